The maximum Gasteiger partial charge on any atom is 0.291 e. The summed E-state index contributed by atoms with van der Waals surface area (Å²) in [5, 5.41) is 0.475. The lowest BCUT2D eigenvalue weighted by Gasteiger charge is -2.27. The number of carbonyl (C=O) groups excluding carboxylic acids is 1. The molecular formula is C26H31N2O5+. The van der Waals surface area contributed by atoms with E-state index in [9.17, 15) is 9.59 Å². The van der Waals surface area contributed by atoms with E-state index in [1.807, 2.05) is 25.1 Å². The fourth-order valence-electron chi connectivity index (χ4n) is 4.56. The average Bonchev–Trinajstić information content (AvgIpc) is 3.12. The molecule has 0 unspecified atom stereocenters. The lowest BCUT2D eigenvalue weighted by atomic mass is 9.98. The first-order valence-corrected chi connectivity index (χ1v) is 11.5. The van der Waals surface area contributed by atoms with Gasteiger partial charge in [-0.2, -0.15) is 0 Å². The normalized spacial score (nSPS) is 15.4. The van der Waals surface area contributed by atoms with Crippen LogP contribution >= 0.6 is 0 Å². The molecule has 0 saturated carbocycles. The topological polar surface area (TPSA) is 73.4 Å². The van der Waals surface area contributed by atoms with Gasteiger partial charge in [-0.3, -0.25) is 9.59 Å². The number of nitrogens with zero attached hydrogens (tertiary/aromatic N) is 1. The monoisotopic (exact) mass is 451 g/mol. The minimum Gasteiger partial charge on any atom is -0.493 e. The number of likely N-dealkylation sites (N-methyl/N-ethyl adjacent to an activating group) is 1. The van der Waals surface area contributed by atoms with Crippen LogP contribution in [0.1, 0.15) is 48.5 Å². The lowest BCUT2D eigenvalue weighted by molar-refractivity contribution is -0.895. The molecule has 174 valence electrons. The maximum atomic E-state index is 13.6. The summed E-state index contributed by atoms with van der Waals surface area (Å²) in [5.41, 5.74) is 1.43. The van der Waals surface area contributed by atoms with Crippen molar-refractivity contribution in [1.82, 2.24) is 4.90 Å². The quantitative estimate of drug-likeness (QED) is 0.542. The average molecular weight is 452 g/mol. The van der Waals surface area contributed by atoms with Gasteiger partial charge < -0.3 is 23.7 Å². The highest BCUT2D eigenvalue weighted by atomic mass is 16.5. The molecule has 1 amide bonds. The summed E-state index contributed by atoms with van der Waals surface area (Å²) in [4.78, 5) is 30.2. The predicted molar refractivity (Wildman–Crippen MR) is 126 cm³/mol. The first kappa shape index (κ1) is 22.9. The SMILES string of the molecule is CCOc1ccc([C@@H]2c3c(oc4ccccc4c3=O)C(=O)N2CC[NH+](CC)CC)cc1OC. The fraction of sp³-hybridized carbons (Fsp3) is 0.385. The third-order valence-corrected chi connectivity index (χ3v) is 6.38. The van der Waals surface area contributed by atoms with Crippen molar-refractivity contribution in [2.45, 2.75) is 26.8 Å². The van der Waals surface area contributed by atoms with Crippen LogP contribution in [-0.4, -0.2) is 50.7 Å². The van der Waals surface area contributed by atoms with Crippen LogP contribution in [-0.2, 0) is 0 Å². The Labute approximate surface area is 193 Å². The molecule has 33 heavy (non-hydrogen) atoms. The van der Waals surface area contributed by atoms with Gasteiger partial charge in [-0.1, -0.05) is 18.2 Å². The van der Waals surface area contributed by atoms with E-state index in [0.29, 0.717) is 41.2 Å². The minimum absolute atomic E-state index is 0.131. The second-order valence-electron chi connectivity index (χ2n) is 8.12. The van der Waals surface area contributed by atoms with Gasteiger partial charge in [-0.25, -0.2) is 0 Å². The molecule has 2 aromatic carbocycles. The number of carbonyl (C=O) groups is 1. The van der Waals surface area contributed by atoms with Crippen LogP contribution < -0.4 is 19.8 Å². The Morgan fingerprint density at radius 3 is 2.48 bits per heavy atom. The second kappa shape index (κ2) is 9.67. The van der Waals surface area contributed by atoms with E-state index in [-0.39, 0.29) is 17.1 Å². The number of para-hydroxylation sites is 1. The molecule has 2 heterocycles. The zero-order valence-electron chi connectivity index (χ0n) is 19.6. The smallest absolute Gasteiger partial charge is 0.291 e. The Hall–Kier alpha value is -3.32. The largest absolute Gasteiger partial charge is 0.493 e. The molecule has 7 heteroatoms. The number of hydrogen-bond acceptors (Lipinski definition) is 5. The number of quaternary nitrogens is 1. The van der Waals surface area contributed by atoms with E-state index in [1.54, 1.807) is 36.3 Å². The lowest BCUT2D eigenvalue weighted by Crippen LogP contribution is -3.12. The molecule has 4 rings (SSSR count). The number of fused-ring (bicyclic) bond motifs is 2. The van der Waals surface area contributed by atoms with Crippen molar-refractivity contribution >= 4 is 16.9 Å². The summed E-state index contributed by atoms with van der Waals surface area (Å²) < 4.78 is 17.2. The maximum absolute atomic E-state index is 13.6. The van der Waals surface area contributed by atoms with Crippen molar-refractivity contribution < 1.29 is 23.6 Å². The summed E-state index contributed by atoms with van der Waals surface area (Å²) in [7, 11) is 1.58. The molecule has 0 spiro atoms. The van der Waals surface area contributed by atoms with Crippen molar-refractivity contribution in [3.63, 3.8) is 0 Å². The van der Waals surface area contributed by atoms with Gasteiger partial charge in [0.1, 0.15) is 5.58 Å². The van der Waals surface area contributed by atoms with E-state index in [1.165, 1.54) is 4.90 Å². The molecule has 0 bridgehead atoms. The third kappa shape index (κ3) is 4.09. The number of ether oxygens (including phenoxy) is 2. The van der Waals surface area contributed by atoms with Crippen molar-refractivity contribution in [1.29, 1.82) is 0 Å². The van der Waals surface area contributed by atoms with Crippen LogP contribution in [0.3, 0.4) is 0 Å². The summed E-state index contributed by atoms with van der Waals surface area (Å²) in [6.07, 6.45) is 0. The first-order valence-electron chi connectivity index (χ1n) is 11.5. The fourth-order valence-corrected chi connectivity index (χ4v) is 4.56. The molecule has 1 aliphatic heterocycles. The number of methoxy groups -OCH3 is 1. The number of amides is 1. The van der Waals surface area contributed by atoms with Crippen molar-refractivity contribution in [3.8, 4) is 11.5 Å². The molecule has 1 aliphatic rings. The Morgan fingerprint density at radius 2 is 1.79 bits per heavy atom. The van der Waals surface area contributed by atoms with Crippen molar-refractivity contribution in [2.24, 2.45) is 0 Å². The van der Waals surface area contributed by atoms with Crippen LogP contribution in [0.5, 0.6) is 11.5 Å². The number of benzene rings is 2. The van der Waals surface area contributed by atoms with Crippen LogP contribution in [0.2, 0.25) is 0 Å². The number of nitrogens with one attached hydrogen (secondary N) is 1. The molecule has 1 N–H and O–H groups in total. The van der Waals surface area contributed by atoms with E-state index in [2.05, 4.69) is 13.8 Å². The van der Waals surface area contributed by atoms with Gasteiger partial charge >= 0.3 is 0 Å². The molecule has 0 aliphatic carbocycles. The van der Waals surface area contributed by atoms with Gasteiger partial charge in [-0.15, -0.1) is 0 Å². The van der Waals surface area contributed by atoms with E-state index in [4.69, 9.17) is 13.9 Å². The molecule has 0 saturated heterocycles. The van der Waals surface area contributed by atoms with Gasteiger partial charge in [-0.05, 0) is 50.6 Å². The molecule has 0 radical (unpaired) electrons. The van der Waals surface area contributed by atoms with Crippen LogP contribution in [0.4, 0.5) is 0 Å². The molecular weight excluding hydrogens is 420 g/mol. The van der Waals surface area contributed by atoms with E-state index < -0.39 is 6.04 Å². The zero-order valence-corrected chi connectivity index (χ0v) is 19.6. The standard InChI is InChI=1S/C26H30N2O5/c1-5-27(6-2)14-15-28-23(17-12-13-20(32-7-3)21(16-17)31-4)22-24(29)18-10-8-9-11-19(18)33-25(22)26(28)30/h8-13,16,23H,5-7,14-15H2,1-4H3/p+1/t23-/m1/s1. The highest BCUT2D eigenvalue weighted by Crippen LogP contribution is 2.40. The summed E-state index contributed by atoms with van der Waals surface area (Å²) in [5.74, 6) is 1.07. The van der Waals surface area contributed by atoms with Gasteiger partial charge in [0.15, 0.2) is 16.9 Å². The highest BCUT2D eigenvalue weighted by molar-refractivity contribution is 5.99. The molecule has 1 aromatic heterocycles. The summed E-state index contributed by atoms with van der Waals surface area (Å²) in [6, 6.07) is 12.1. The Balaban J connectivity index is 1.87. The minimum atomic E-state index is -0.548. The Morgan fingerprint density at radius 1 is 1.03 bits per heavy atom. The molecule has 7 nitrogen and oxygen atoms in total. The first-order chi connectivity index (χ1) is 16.0. The van der Waals surface area contributed by atoms with Crippen LogP contribution in [0, 0.1) is 0 Å². The van der Waals surface area contributed by atoms with Crippen LogP contribution in [0.15, 0.2) is 51.7 Å². The van der Waals surface area contributed by atoms with Gasteiger partial charge in [0.2, 0.25) is 5.76 Å². The summed E-state index contributed by atoms with van der Waals surface area (Å²) in [6.45, 7) is 9.91. The van der Waals surface area contributed by atoms with Gasteiger partial charge in [0.25, 0.3) is 5.91 Å². The number of hydrogen-bond donors (Lipinski definition) is 1. The van der Waals surface area contributed by atoms with Gasteiger partial charge in [0.05, 0.1) is 56.9 Å². The molecule has 3 aromatic rings. The zero-order chi connectivity index (χ0) is 23.5. The van der Waals surface area contributed by atoms with Crippen molar-refractivity contribution in [2.75, 3.05) is 39.9 Å². The second-order valence-corrected chi connectivity index (χ2v) is 8.12. The molecule has 1 atom stereocenters. The van der Waals surface area contributed by atoms with Crippen molar-refractivity contribution in [3.05, 3.63) is 69.6 Å². The van der Waals surface area contributed by atoms with Crippen LogP contribution in [0.25, 0.3) is 11.0 Å². The highest BCUT2D eigenvalue weighted by Gasteiger charge is 2.43. The Kier molecular flexibility index (Phi) is 6.70. The third-order valence-electron chi connectivity index (χ3n) is 6.38. The summed E-state index contributed by atoms with van der Waals surface area (Å²) >= 11 is 0. The van der Waals surface area contributed by atoms with Gasteiger partial charge in [0, 0.05) is 0 Å². The Bertz CT molecular complexity index is 1220. The number of rotatable bonds is 9. The molecule has 0 fully saturated rings. The van der Waals surface area contributed by atoms with E-state index in [0.717, 1.165) is 25.2 Å². The predicted octanol–water partition coefficient (Wildman–Crippen LogP) is 2.67. The van der Waals surface area contributed by atoms with E-state index >= 15 is 0 Å².